The highest BCUT2D eigenvalue weighted by Gasteiger charge is 2.33. The molecule has 2 heterocycles. The molecule has 0 unspecified atom stereocenters. The first kappa shape index (κ1) is 21.7. The smallest absolute Gasteiger partial charge is 0.234 e. The zero-order chi connectivity index (χ0) is 20.4. The lowest BCUT2D eigenvalue weighted by Gasteiger charge is -2.28. The molecule has 0 aromatic carbocycles. The number of hydrogen-bond donors (Lipinski definition) is 1. The largest absolute Gasteiger partial charge is 0.337 e. The van der Waals surface area contributed by atoms with Gasteiger partial charge in [-0.3, -0.25) is 4.79 Å². The first-order chi connectivity index (χ1) is 12.5. The van der Waals surface area contributed by atoms with Gasteiger partial charge in [0.15, 0.2) is 15.0 Å². The summed E-state index contributed by atoms with van der Waals surface area (Å²) in [7, 11) is -1.10. The number of sulfone groups is 1. The van der Waals surface area contributed by atoms with Gasteiger partial charge in [0.25, 0.3) is 0 Å². The van der Waals surface area contributed by atoms with Crippen molar-refractivity contribution in [2.24, 2.45) is 18.9 Å². The van der Waals surface area contributed by atoms with Crippen molar-refractivity contribution in [3.63, 3.8) is 0 Å². The SMILES string of the molecule is CC(C)[C@@](C)(C#N)NC(=O)[C@H](C)Sc1nnc(C[C@@H]2CCS(=O)(=O)C2)n1C. The van der Waals surface area contributed by atoms with E-state index in [0.717, 1.165) is 5.82 Å². The van der Waals surface area contributed by atoms with Crippen molar-refractivity contribution < 1.29 is 13.2 Å². The number of nitrogens with zero attached hydrogens (tertiary/aromatic N) is 4. The number of nitriles is 1. The molecule has 2 rings (SSSR count). The second kappa shape index (κ2) is 8.19. The van der Waals surface area contributed by atoms with Gasteiger partial charge in [-0.2, -0.15) is 5.26 Å². The first-order valence-electron chi connectivity index (χ1n) is 8.96. The molecule has 150 valence electrons. The van der Waals surface area contributed by atoms with E-state index >= 15 is 0 Å². The molecule has 3 atom stereocenters. The number of carbonyl (C=O) groups is 1. The maximum atomic E-state index is 12.5. The van der Waals surface area contributed by atoms with Gasteiger partial charge in [0.05, 0.1) is 22.8 Å². The van der Waals surface area contributed by atoms with Crippen LogP contribution >= 0.6 is 11.8 Å². The Kier molecular flexibility index (Phi) is 6.58. The molecule has 27 heavy (non-hydrogen) atoms. The first-order valence-corrected chi connectivity index (χ1v) is 11.7. The predicted octanol–water partition coefficient (Wildman–Crippen LogP) is 1.33. The summed E-state index contributed by atoms with van der Waals surface area (Å²) >= 11 is 1.27. The maximum Gasteiger partial charge on any atom is 0.234 e. The van der Waals surface area contributed by atoms with Crippen LogP contribution in [-0.2, 0) is 28.1 Å². The Morgan fingerprint density at radius 1 is 1.44 bits per heavy atom. The Hall–Kier alpha value is -1.60. The van der Waals surface area contributed by atoms with Crippen molar-refractivity contribution >= 4 is 27.5 Å². The summed E-state index contributed by atoms with van der Waals surface area (Å²) in [6, 6.07) is 2.17. The summed E-state index contributed by atoms with van der Waals surface area (Å²) in [5.74, 6) is 0.970. The fourth-order valence-electron chi connectivity index (χ4n) is 2.79. The molecule has 8 nitrogen and oxygen atoms in total. The van der Waals surface area contributed by atoms with Crippen LogP contribution in [0.25, 0.3) is 0 Å². The number of carbonyl (C=O) groups excluding carboxylic acids is 1. The van der Waals surface area contributed by atoms with Gasteiger partial charge in [-0.15, -0.1) is 10.2 Å². The number of amides is 1. The minimum absolute atomic E-state index is 0.0206. The van der Waals surface area contributed by atoms with Crippen LogP contribution in [0.15, 0.2) is 5.16 Å². The van der Waals surface area contributed by atoms with Gasteiger partial charge in [0.1, 0.15) is 11.4 Å². The van der Waals surface area contributed by atoms with E-state index in [1.54, 1.807) is 13.8 Å². The van der Waals surface area contributed by atoms with Gasteiger partial charge in [0.2, 0.25) is 5.91 Å². The van der Waals surface area contributed by atoms with Crippen molar-refractivity contribution in [3.8, 4) is 6.07 Å². The zero-order valence-electron chi connectivity index (χ0n) is 16.4. The van der Waals surface area contributed by atoms with E-state index in [9.17, 15) is 18.5 Å². The molecule has 0 saturated carbocycles. The molecule has 1 aliphatic heterocycles. The summed E-state index contributed by atoms with van der Waals surface area (Å²) in [5.41, 5.74) is -0.926. The molecule has 1 fully saturated rings. The van der Waals surface area contributed by atoms with E-state index in [2.05, 4.69) is 21.6 Å². The minimum Gasteiger partial charge on any atom is -0.337 e. The van der Waals surface area contributed by atoms with Crippen LogP contribution in [0.2, 0.25) is 0 Å². The van der Waals surface area contributed by atoms with Crippen LogP contribution in [0.5, 0.6) is 0 Å². The van der Waals surface area contributed by atoms with Crippen LogP contribution in [-0.4, -0.2) is 51.4 Å². The molecular weight excluding hydrogens is 386 g/mol. The molecule has 1 aromatic heterocycles. The van der Waals surface area contributed by atoms with Crippen LogP contribution in [0.1, 0.15) is 39.9 Å². The van der Waals surface area contributed by atoms with Crippen LogP contribution in [0, 0.1) is 23.2 Å². The summed E-state index contributed by atoms with van der Waals surface area (Å²) in [5, 5.41) is 20.6. The lowest BCUT2D eigenvalue weighted by atomic mass is 9.90. The van der Waals surface area contributed by atoms with Gasteiger partial charge in [-0.05, 0) is 32.1 Å². The lowest BCUT2D eigenvalue weighted by molar-refractivity contribution is -0.121. The number of nitrogens with one attached hydrogen (secondary N) is 1. The van der Waals surface area contributed by atoms with Gasteiger partial charge in [-0.1, -0.05) is 25.6 Å². The standard InChI is InChI=1S/C17H27N5O3S2/c1-11(2)17(4,10-18)19-15(23)12(3)26-16-21-20-14(22(16)5)8-13-6-7-27(24,25)9-13/h11-13H,6-9H2,1-5H3,(H,19,23)/t12-,13-,17+/m0/s1. The number of hydrogen-bond acceptors (Lipinski definition) is 7. The minimum atomic E-state index is -2.92. The Morgan fingerprint density at radius 3 is 2.63 bits per heavy atom. The van der Waals surface area contributed by atoms with Crippen molar-refractivity contribution in [1.29, 1.82) is 5.26 Å². The lowest BCUT2D eigenvalue weighted by Crippen LogP contribution is -2.51. The van der Waals surface area contributed by atoms with Crippen molar-refractivity contribution in [2.75, 3.05) is 11.5 Å². The zero-order valence-corrected chi connectivity index (χ0v) is 18.0. The van der Waals surface area contributed by atoms with Gasteiger partial charge in [0, 0.05) is 13.5 Å². The Bertz CT molecular complexity index is 843. The third kappa shape index (κ3) is 5.23. The highest BCUT2D eigenvalue weighted by molar-refractivity contribution is 8.00. The van der Waals surface area contributed by atoms with E-state index < -0.39 is 20.6 Å². The van der Waals surface area contributed by atoms with Gasteiger partial charge >= 0.3 is 0 Å². The molecule has 1 amide bonds. The third-order valence-corrected chi connectivity index (χ3v) is 8.12. The average Bonchev–Trinajstić information content (AvgIpc) is 3.10. The van der Waals surface area contributed by atoms with E-state index in [-0.39, 0.29) is 29.2 Å². The monoisotopic (exact) mass is 413 g/mol. The Morgan fingerprint density at radius 2 is 2.11 bits per heavy atom. The molecule has 1 saturated heterocycles. The normalized spacial score (nSPS) is 22.2. The number of rotatable bonds is 7. The van der Waals surface area contributed by atoms with Gasteiger partial charge in [-0.25, -0.2) is 8.42 Å². The Labute approximate surface area is 165 Å². The molecule has 1 aliphatic rings. The molecular formula is C17H27N5O3S2. The predicted molar refractivity (Wildman–Crippen MR) is 104 cm³/mol. The quantitative estimate of drug-likeness (QED) is 0.670. The van der Waals surface area contributed by atoms with E-state index in [1.807, 2.05) is 25.5 Å². The molecule has 1 aromatic rings. The highest BCUT2D eigenvalue weighted by atomic mass is 32.2. The summed E-state index contributed by atoms with van der Waals surface area (Å²) in [4.78, 5) is 12.5. The third-order valence-electron chi connectivity index (χ3n) is 5.14. The van der Waals surface area contributed by atoms with Crippen molar-refractivity contribution in [1.82, 2.24) is 20.1 Å². The second-order valence-corrected chi connectivity index (χ2v) is 11.2. The van der Waals surface area contributed by atoms with E-state index in [0.29, 0.717) is 18.0 Å². The molecule has 0 spiro atoms. The summed E-state index contributed by atoms with van der Waals surface area (Å²) < 4.78 is 25.0. The maximum absolute atomic E-state index is 12.5. The molecule has 1 N–H and O–H groups in total. The average molecular weight is 414 g/mol. The Balaban J connectivity index is 2.00. The molecule has 0 bridgehead atoms. The van der Waals surface area contributed by atoms with E-state index in [4.69, 9.17) is 0 Å². The van der Waals surface area contributed by atoms with E-state index in [1.165, 1.54) is 11.8 Å². The number of aromatic nitrogens is 3. The van der Waals surface area contributed by atoms with Crippen LogP contribution in [0.4, 0.5) is 0 Å². The van der Waals surface area contributed by atoms with Crippen LogP contribution in [0.3, 0.4) is 0 Å². The van der Waals surface area contributed by atoms with Gasteiger partial charge < -0.3 is 9.88 Å². The molecule has 10 heteroatoms. The fourth-order valence-corrected chi connectivity index (χ4v) is 5.48. The highest BCUT2D eigenvalue weighted by Crippen LogP contribution is 2.26. The summed E-state index contributed by atoms with van der Waals surface area (Å²) in [6.07, 6.45) is 1.21. The fraction of sp³-hybridized carbons (Fsp3) is 0.765. The number of thioether (sulfide) groups is 1. The molecule has 0 radical (unpaired) electrons. The van der Waals surface area contributed by atoms with Crippen molar-refractivity contribution in [2.45, 2.75) is 56.5 Å². The second-order valence-electron chi connectivity index (χ2n) is 7.65. The summed E-state index contributed by atoms with van der Waals surface area (Å²) in [6.45, 7) is 7.25. The topological polar surface area (TPSA) is 118 Å². The van der Waals surface area contributed by atoms with Crippen molar-refractivity contribution in [3.05, 3.63) is 5.82 Å². The molecule has 0 aliphatic carbocycles. The van der Waals surface area contributed by atoms with Crippen LogP contribution < -0.4 is 5.32 Å².